The summed E-state index contributed by atoms with van der Waals surface area (Å²) in [5.74, 6) is -0.619. The number of alkyl carbamates (subject to hydrolysis) is 1. The number of carbonyl (C=O) groups excluding carboxylic acids is 3. The summed E-state index contributed by atoms with van der Waals surface area (Å²) in [7, 11) is 0. The number of hydrogen-bond acceptors (Lipinski definition) is 7. The summed E-state index contributed by atoms with van der Waals surface area (Å²) in [6.45, 7) is 6.17. The minimum Gasteiger partial charge on any atom is -0.444 e. The molecular weight excluding hydrogens is 575 g/mol. The number of pyridine rings is 1. The van der Waals surface area contributed by atoms with Gasteiger partial charge in [-0.15, -0.1) is 0 Å². The Kier molecular flexibility index (Phi) is 11.1. The van der Waals surface area contributed by atoms with Crippen molar-refractivity contribution in [2.45, 2.75) is 58.1 Å². The maximum absolute atomic E-state index is 13.7. The molecule has 1 aliphatic rings. The molecule has 0 bridgehead atoms. The van der Waals surface area contributed by atoms with Crippen LogP contribution in [0.3, 0.4) is 0 Å². The lowest BCUT2D eigenvalue weighted by Crippen LogP contribution is -2.52. The maximum atomic E-state index is 13.7. The fourth-order valence-electron chi connectivity index (χ4n) is 5.16. The van der Waals surface area contributed by atoms with Gasteiger partial charge in [0.25, 0.3) is 5.91 Å². The number of rotatable bonds is 10. The monoisotopic (exact) mass is 614 g/mol. The van der Waals surface area contributed by atoms with E-state index >= 15 is 0 Å². The molecule has 1 atom stereocenters. The van der Waals surface area contributed by atoms with E-state index in [0.717, 1.165) is 18.4 Å². The van der Waals surface area contributed by atoms with Crippen molar-refractivity contribution >= 4 is 23.7 Å². The van der Waals surface area contributed by atoms with Crippen molar-refractivity contribution in [3.05, 3.63) is 83.2 Å². The number of hydrogen-bond donors (Lipinski definition) is 3. The molecule has 0 aliphatic carbocycles. The summed E-state index contributed by atoms with van der Waals surface area (Å²) in [6.07, 6.45) is 2.28. The van der Waals surface area contributed by atoms with Crippen molar-refractivity contribution in [2.75, 3.05) is 31.5 Å². The molecule has 1 aromatic heterocycles. The zero-order valence-electron chi connectivity index (χ0n) is 25.9. The third-order valence-electron chi connectivity index (χ3n) is 7.29. The molecule has 1 fully saturated rings. The lowest BCUT2D eigenvalue weighted by molar-refractivity contribution is -0.133. The number of amides is 3. The minimum absolute atomic E-state index is 0.200. The molecule has 3 N–H and O–H groups in total. The molecule has 0 radical (unpaired) electrons. The van der Waals surface area contributed by atoms with Gasteiger partial charge in [-0.3, -0.25) is 9.59 Å². The third-order valence-corrected chi connectivity index (χ3v) is 7.29. The van der Waals surface area contributed by atoms with E-state index in [1.165, 1.54) is 12.1 Å². The van der Waals surface area contributed by atoms with Crippen LogP contribution in [0.5, 0.6) is 0 Å². The predicted octanol–water partition coefficient (Wildman–Crippen LogP) is 5.05. The van der Waals surface area contributed by atoms with Crippen LogP contribution in [0.4, 0.5) is 15.0 Å². The number of benzene rings is 2. The van der Waals surface area contributed by atoms with Crippen molar-refractivity contribution in [2.24, 2.45) is 0 Å². The van der Waals surface area contributed by atoms with E-state index in [0.29, 0.717) is 54.1 Å². The number of anilines is 1. The lowest BCUT2D eigenvalue weighted by atomic mass is 10.0. The first-order chi connectivity index (χ1) is 21.5. The first kappa shape index (κ1) is 32.9. The van der Waals surface area contributed by atoms with Crippen LogP contribution in [0, 0.1) is 17.1 Å². The van der Waals surface area contributed by atoms with Gasteiger partial charge in [0.2, 0.25) is 5.91 Å². The third kappa shape index (κ3) is 9.50. The summed E-state index contributed by atoms with van der Waals surface area (Å²) < 4.78 is 18.9. The summed E-state index contributed by atoms with van der Waals surface area (Å²) in [5.41, 5.74) is 2.03. The summed E-state index contributed by atoms with van der Waals surface area (Å²) in [6, 6.07) is 18.7. The van der Waals surface area contributed by atoms with Crippen LogP contribution in [-0.2, 0) is 16.0 Å². The second-order valence-electron chi connectivity index (χ2n) is 11.9. The highest BCUT2D eigenvalue weighted by Gasteiger charge is 2.28. The number of ether oxygens (including phenoxy) is 1. The smallest absolute Gasteiger partial charge is 0.408 e. The number of carbonyl (C=O) groups is 3. The van der Waals surface area contributed by atoms with Gasteiger partial charge in [0.1, 0.15) is 23.8 Å². The molecule has 3 aromatic rings. The van der Waals surface area contributed by atoms with Crippen molar-refractivity contribution in [1.82, 2.24) is 20.5 Å². The molecule has 4 rings (SSSR count). The molecule has 0 spiro atoms. The highest BCUT2D eigenvalue weighted by atomic mass is 19.1. The van der Waals surface area contributed by atoms with Gasteiger partial charge in [0.05, 0.1) is 22.9 Å². The topological polar surface area (TPSA) is 136 Å². The zero-order valence-corrected chi connectivity index (χ0v) is 25.9. The predicted molar refractivity (Wildman–Crippen MR) is 169 cm³/mol. The second-order valence-corrected chi connectivity index (χ2v) is 11.9. The first-order valence-corrected chi connectivity index (χ1v) is 15.1. The molecule has 45 heavy (non-hydrogen) atoms. The van der Waals surface area contributed by atoms with Crippen molar-refractivity contribution in [3.63, 3.8) is 0 Å². The fraction of sp³-hybridized carbons (Fsp3) is 0.382. The van der Waals surface area contributed by atoms with Crippen molar-refractivity contribution in [3.8, 4) is 17.3 Å². The van der Waals surface area contributed by atoms with Gasteiger partial charge in [-0.05, 0) is 82.3 Å². The van der Waals surface area contributed by atoms with Gasteiger partial charge in [-0.2, -0.15) is 5.26 Å². The van der Waals surface area contributed by atoms with Gasteiger partial charge in [-0.1, -0.05) is 30.3 Å². The normalized spacial score (nSPS) is 14.6. The van der Waals surface area contributed by atoms with Gasteiger partial charge < -0.3 is 25.6 Å². The number of nitrogens with zero attached hydrogens (tertiary/aromatic N) is 3. The SMILES string of the molecule is CC(C)(C)OC(=O)NCC(=O)N1CCCCC1CNC(=O)c1ccc(-c2ccccc2C#N)nc1NCCc1cccc(F)c1. The first-order valence-electron chi connectivity index (χ1n) is 15.1. The van der Waals surface area contributed by atoms with E-state index in [2.05, 4.69) is 22.0 Å². The number of halogens is 1. The molecule has 10 nitrogen and oxygen atoms in total. The second kappa shape index (κ2) is 15.1. The fourth-order valence-corrected chi connectivity index (χ4v) is 5.16. The van der Waals surface area contributed by atoms with Crippen LogP contribution >= 0.6 is 0 Å². The van der Waals surface area contributed by atoms with E-state index in [9.17, 15) is 24.0 Å². The number of nitrogens with one attached hydrogen (secondary N) is 3. The van der Waals surface area contributed by atoms with E-state index in [1.54, 1.807) is 62.1 Å². The summed E-state index contributed by atoms with van der Waals surface area (Å²) >= 11 is 0. The Balaban J connectivity index is 1.47. The van der Waals surface area contributed by atoms with E-state index < -0.39 is 11.7 Å². The van der Waals surface area contributed by atoms with Crippen molar-refractivity contribution < 1.29 is 23.5 Å². The van der Waals surface area contributed by atoms with Crippen LogP contribution in [-0.4, -0.2) is 65.6 Å². The van der Waals surface area contributed by atoms with E-state index in [1.807, 2.05) is 12.1 Å². The summed E-state index contributed by atoms with van der Waals surface area (Å²) in [5, 5.41) is 18.3. The van der Waals surface area contributed by atoms with Gasteiger partial charge in [-0.25, -0.2) is 14.2 Å². The Hall–Kier alpha value is -4.98. The Bertz CT molecular complexity index is 1560. The van der Waals surface area contributed by atoms with Crippen LogP contribution in [0.1, 0.15) is 61.5 Å². The van der Waals surface area contributed by atoms with Crippen LogP contribution in [0.25, 0.3) is 11.3 Å². The van der Waals surface area contributed by atoms with Crippen molar-refractivity contribution in [1.29, 1.82) is 5.26 Å². The van der Waals surface area contributed by atoms with E-state index in [-0.39, 0.29) is 36.8 Å². The largest absolute Gasteiger partial charge is 0.444 e. The van der Waals surface area contributed by atoms with E-state index in [4.69, 9.17) is 9.72 Å². The average Bonchev–Trinajstić information content (AvgIpc) is 3.02. The molecule has 2 aromatic carbocycles. The molecular formula is C34H39FN6O4. The molecule has 1 aliphatic heterocycles. The lowest BCUT2D eigenvalue weighted by Gasteiger charge is -2.36. The standard InChI is InChI=1S/C34H39FN6O4/c1-34(2,3)45-33(44)39-22-30(42)41-18-7-6-12-26(41)21-38-32(43)28-14-15-29(27-13-5-4-10-24(27)20-36)40-31(28)37-17-16-23-9-8-11-25(35)19-23/h4-5,8-11,13-15,19,26H,6-7,12,16-18,21-22H2,1-3H3,(H,37,40)(H,38,43)(H,39,44). The number of likely N-dealkylation sites (tertiary alicyclic amines) is 1. The number of nitriles is 1. The van der Waals surface area contributed by atoms with Crippen LogP contribution in [0.15, 0.2) is 60.7 Å². The number of piperidine rings is 1. The molecule has 1 unspecified atom stereocenters. The average molecular weight is 615 g/mol. The van der Waals surface area contributed by atoms with Crippen LogP contribution < -0.4 is 16.0 Å². The Morgan fingerprint density at radius 2 is 1.87 bits per heavy atom. The summed E-state index contributed by atoms with van der Waals surface area (Å²) in [4.78, 5) is 45.0. The molecule has 2 heterocycles. The molecule has 3 amide bonds. The van der Waals surface area contributed by atoms with Crippen LogP contribution in [0.2, 0.25) is 0 Å². The van der Waals surface area contributed by atoms with Gasteiger partial charge >= 0.3 is 6.09 Å². The zero-order chi connectivity index (χ0) is 32.4. The highest BCUT2D eigenvalue weighted by Crippen LogP contribution is 2.25. The molecule has 236 valence electrons. The Morgan fingerprint density at radius 1 is 1.07 bits per heavy atom. The Labute approximate surface area is 263 Å². The van der Waals surface area contributed by atoms with Gasteiger partial charge in [0.15, 0.2) is 0 Å². The molecule has 11 heteroatoms. The maximum Gasteiger partial charge on any atom is 0.408 e. The molecule has 0 saturated carbocycles. The minimum atomic E-state index is -0.676. The Morgan fingerprint density at radius 3 is 2.62 bits per heavy atom. The number of aromatic nitrogens is 1. The van der Waals surface area contributed by atoms with Gasteiger partial charge in [0, 0.05) is 31.2 Å². The highest BCUT2D eigenvalue weighted by molar-refractivity contribution is 5.99. The molecule has 1 saturated heterocycles. The quantitative estimate of drug-likeness (QED) is 0.291.